The quantitative estimate of drug-likeness (QED) is 0.601. The number of hydrogen-bond acceptors (Lipinski definition) is 7. The van der Waals surface area contributed by atoms with Crippen LogP contribution in [0.5, 0.6) is 0 Å². The van der Waals surface area contributed by atoms with E-state index in [2.05, 4.69) is 14.8 Å². The van der Waals surface area contributed by atoms with E-state index in [-0.39, 0.29) is 16.8 Å². The van der Waals surface area contributed by atoms with Gasteiger partial charge in [-0.2, -0.15) is 0 Å². The summed E-state index contributed by atoms with van der Waals surface area (Å²) in [5.41, 5.74) is 0.697. The van der Waals surface area contributed by atoms with E-state index < -0.39 is 29.9 Å². The van der Waals surface area contributed by atoms with Crippen LogP contribution in [0.4, 0.5) is 5.69 Å². The van der Waals surface area contributed by atoms with Gasteiger partial charge < -0.3 is 19.5 Å². The number of benzene rings is 2. The molecule has 0 aliphatic heterocycles. The van der Waals surface area contributed by atoms with E-state index in [1.54, 1.807) is 30.3 Å². The van der Waals surface area contributed by atoms with Crippen LogP contribution in [0.1, 0.15) is 39.3 Å². The van der Waals surface area contributed by atoms with Crippen molar-refractivity contribution >= 4 is 29.5 Å². The van der Waals surface area contributed by atoms with Crippen LogP contribution in [-0.2, 0) is 23.8 Å². The van der Waals surface area contributed by atoms with E-state index in [0.29, 0.717) is 5.56 Å². The van der Waals surface area contributed by atoms with Crippen molar-refractivity contribution in [3.05, 3.63) is 65.2 Å². The molecule has 0 unspecified atom stereocenters. The number of esters is 3. The van der Waals surface area contributed by atoms with Crippen molar-refractivity contribution in [2.24, 2.45) is 0 Å². The van der Waals surface area contributed by atoms with Crippen molar-refractivity contribution in [2.45, 2.75) is 13.0 Å². The van der Waals surface area contributed by atoms with Crippen molar-refractivity contribution < 1.29 is 33.4 Å². The predicted octanol–water partition coefficient (Wildman–Crippen LogP) is 2.50. The highest BCUT2D eigenvalue weighted by Gasteiger charge is 2.24. The fourth-order valence-corrected chi connectivity index (χ4v) is 2.45. The number of amides is 1. The SMILES string of the molecule is COC(=O)c1cc(NC(=O)[C@H](OC(C)=O)c2ccccc2)cc(C(=O)OC)c1. The topological polar surface area (TPSA) is 108 Å². The van der Waals surface area contributed by atoms with Crippen LogP contribution < -0.4 is 5.32 Å². The lowest BCUT2D eigenvalue weighted by molar-refractivity contribution is -0.152. The Hall–Kier alpha value is -3.68. The summed E-state index contributed by atoms with van der Waals surface area (Å²) in [7, 11) is 2.38. The van der Waals surface area contributed by atoms with E-state index >= 15 is 0 Å². The molecule has 0 radical (unpaired) electrons. The average Bonchev–Trinajstić information content (AvgIpc) is 2.70. The Kier molecular flexibility index (Phi) is 6.86. The molecule has 0 aromatic heterocycles. The molecular formula is C20H19NO7. The number of hydrogen-bond donors (Lipinski definition) is 1. The van der Waals surface area contributed by atoms with Gasteiger partial charge in [-0.05, 0) is 18.2 Å². The molecule has 1 N–H and O–H groups in total. The van der Waals surface area contributed by atoms with Gasteiger partial charge in [-0.25, -0.2) is 9.59 Å². The van der Waals surface area contributed by atoms with Crippen LogP contribution in [0, 0.1) is 0 Å². The molecule has 0 heterocycles. The minimum absolute atomic E-state index is 0.0458. The van der Waals surface area contributed by atoms with Crippen molar-refractivity contribution in [3.63, 3.8) is 0 Å². The van der Waals surface area contributed by atoms with Crippen LogP contribution in [0.15, 0.2) is 48.5 Å². The summed E-state index contributed by atoms with van der Waals surface area (Å²) in [5.74, 6) is -2.68. The summed E-state index contributed by atoms with van der Waals surface area (Å²) in [6, 6.07) is 12.4. The average molecular weight is 385 g/mol. The largest absolute Gasteiger partial charge is 0.465 e. The second-order valence-corrected chi connectivity index (χ2v) is 5.67. The third kappa shape index (κ3) is 5.16. The minimum atomic E-state index is -1.21. The Morgan fingerprint density at radius 2 is 1.39 bits per heavy atom. The number of anilines is 1. The Balaban J connectivity index is 2.38. The summed E-state index contributed by atoms with van der Waals surface area (Å²) in [4.78, 5) is 47.9. The lowest BCUT2D eigenvalue weighted by atomic mass is 10.1. The van der Waals surface area contributed by atoms with E-state index in [0.717, 1.165) is 0 Å². The maximum atomic E-state index is 12.7. The van der Waals surface area contributed by atoms with Crippen LogP contribution >= 0.6 is 0 Å². The molecule has 2 rings (SSSR count). The fraction of sp³-hybridized carbons (Fsp3) is 0.200. The first kappa shape index (κ1) is 20.6. The molecule has 2 aromatic rings. The molecular weight excluding hydrogens is 366 g/mol. The minimum Gasteiger partial charge on any atom is -0.465 e. The molecule has 0 aliphatic carbocycles. The molecule has 0 fully saturated rings. The molecule has 146 valence electrons. The van der Waals surface area contributed by atoms with Gasteiger partial charge in [-0.15, -0.1) is 0 Å². The predicted molar refractivity (Wildman–Crippen MR) is 98.7 cm³/mol. The number of carbonyl (C=O) groups is 4. The highest BCUT2D eigenvalue weighted by Crippen LogP contribution is 2.22. The van der Waals surface area contributed by atoms with Crippen LogP contribution in [0.3, 0.4) is 0 Å². The molecule has 1 amide bonds. The number of ether oxygens (including phenoxy) is 3. The molecule has 0 bridgehead atoms. The maximum absolute atomic E-state index is 12.7. The fourth-order valence-electron chi connectivity index (χ4n) is 2.45. The first-order valence-electron chi connectivity index (χ1n) is 8.20. The molecule has 0 aliphatic rings. The Morgan fingerprint density at radius 3 is 1.86 bits per heavy atom. The Labute approximate surface area is 161 Å². The molecule has 0 spiro atoms. The highest BCUT2D eigenvalue weighted by atomic mass is 16.5. The number of carbonyl (C=O) groups excluding carboxylic acids is 4. The third-order valence-electron chi connectivity index (χ3n) is 3.67. The second kappa shape index (κ2) is 9.31. The van der Waals surface area contributed by atoms with Gasteiger partial charge in [0.1, 0.15) is 0 Å². The lowest BCUT2D eigenvalue weighted by Crippen LogP contribution is -2.25. The van der Waals surface area contributed by atoms with Gasteiger partial charge in [0.2, 0.25) is 6.10 Å². The van der Waals surface area contributed by atoms with Crippen molar-refractivity contribution in [1.29, 1.82) is 0 Å². The Morgan fingerprint density at radius 1 is 0.857 bits per heavy atom. The van der Waals surface area contributed by atoms with Gasteiger partial charge in [-0.3, -0.25) is 9.59 Å². The summed E-state index contributed by atoms with van der Waals surface area (Å²) >= 11 is 0. The molecule has 1 atom stereocenters. The van der Waals surface area contributed by atoms with E-state index in [9.17, 15) is 19.2 Å². The normalized spacial score (nSPS) is 11.1. The van der Waals surface area contributed by atoms with Gasteiger partial charge in [0.25, 0.3) is 5.91 Å². The van der Waals surface area contributed by atoms with Gasteiger partial charge in [0, 0.05) is 18.2 Å². The standard InChI is InChI=1S/C20H19NO7/c1-12(22)28-17(13-7-5-4-6-8-13)18(23)21-16-10-14(19(24)26-2)9-15(11-16)20(25)27-3/h4-11,17H,1-3H3,(H,21,23)/t17-/m1/s1. The van der Waals surface area contributed by atoms with Gasteiger partial charge in [-0.1, -0.05) is 30.3 Å². The number of methoxy groups -OCH3 is 2. The smallest absolute Gasteiger partial charge is 0.337 e. The second-order valence-electron chi connectivity index (χ2n) is 5.67. The summed E-state index contributed by atoms with van der Waals surface area (Å²) in [6.07, 6.45) is -1.21. The van der Waals surface area contributed by atoms with Gasteiger partial charge in [0.15, 0.2) is 0 Å². The first-order valence-corrected chi connectivity index (χ1v) is 8.20. The van der Waals surface area contributed by atoms with Crippen molar-refractivity contribution in [2.75, 3.05) is 19.5 Å². The molecule has 0 saturated carbocycles. The molecule has 8 heteroatoms. The monoisotopic (exact) mass is 385 g/mol. The van der Waals surface area contributed by atoms with E-state index in [1.165, 1.54) is 39.3 Å². The molecule has 28 heavy (non-hydrogen) atoms. The molecule has 2 aromatic carbocycles. The summed E-state index contributed by atoms with van der Waals surface area (Å²) < 4.78 is 14.5. The zero-order valence-corrected chi connectivity index (χ0v) is 15.6. The Bertz CT molecular complexity index is 858. The van der Waals surface area contributed by atoms with E-state index in [4.69, 9.17) is 4.74 Å². The summed E-state index contributed by atoms with van der Waals surface area (Å²) in [5, 5.41) is 2.55. The van der Waals surface area contributed by atoms with Crippen molar-refractivity contribution in [3.8, 4) is 0 Å². The van der Waals surface area contributed by atoms with E-state index in [1.807, 2.05) is 0 Å². The molecule has 0 saturated heterocycles. The first-order chi connectivity index (χ1) is 13.3. The number of rotatable bonds is 6. The molecule has 8 nitrogen and oxygen atoms in total. The van der Waals surface area contributed by atoms with Crippen molar-refractivity contribution in [1.82, 2.24) is 0 Å². The third-order valence-corrected chi connectivity index (χ3v) is 3.67. The maximum Gasteiger partial charge on any atom is 0.337 e. The van der Waals surface area contributed by atoms with Gasteiger partial charge in [0.05, 0.1) is 25.3 Å². The van der Waals surface area contributed by atoms with Crippen LogP contribution in [-0.4, -0.2) is 38.0 Å². The van der Waals surface area contributed by atoms with Crippen LogP contribution in [0.25, 0.3) is 0 Å². The summed E-state index contributed by atoms with van der Waals surface area (Å²) in [6.45, 7) is 1.19. The number of nitrogens with one attached hydrogen (secondary N) is 1. The highest BCUT2D eigenvalue weighted by molar-refractivity contribution is 6.01. The van der Waals surface area contributed by atoms with Crippen LogP contribution in [0.2, 0.25) is 0 Å². The lowest BCUT2D eigenvalue weighted by Gasteiger charge is -2.17. The zero-order valence-electron chi connectivity index (χ0n) is 15.6. The zero-order chi connectivity index (χ0) is 20.7. The van der Waals surface area contributed by atoms with Gasteiger partial charge >= 0.3 is 17.9 Å².